The second kappa shape index (κ2) is 3.16. The highest BCUT2D eigenvalue weighted by Crippen LogP contribution is 2.29. The molecule has 0 radical (unpaired) electrons. The van der Waals surface area contributed by atoms with Crippen molar-refractivity contribution in [3.63, 3.8) is 0 Å². The van der Waals surface area contributed by atoms with Crippen LogP contribution in [-0.2, 0) is 10.0 Å². The van der Waals surface area contributed by atoms with E-state index in [0.29, 0.717) is 11.4 Å². The molecule has 1 saturated carbocycles. The Kier molecular flexibility index (Phi) is 2.11. The third-order valence-corrected chi connectivity index (χ3v) is 3.98. The summed E-state index contributed by atoms with van der Waals surface area (Å²) >= 11 is 0. The van der Waals surface area contributed by atoms with Gasteiger partial charge in [0.05, 0.1) is 10.9 Å². The number of sulfonamides is 1. The first-order chi connectivity index (χ1) is 6.58. The molecule has 0 amide bonds. The summed E-state index contributed by atoms with van der Waals surface area (Å²) in [7, 11) is -3.16. The maximum atomic E-state index is 11.5. The van der Waals surface area contributed by atoms with E-state index >= 15 is 0 Å². The molecule has 0 atom stereocenters. The van der Waals surface area contributed by atoms with Gasteiger partial charge in [-0.05, 0) is 31.0 Å². The Morgan fingerprint density at radius 3 is 2.64 bits per heavy atom. The molecule has 0 unspecified atom stereocenters. The van der Waals surface area contributed by atoms with E-state index in [4.69, 9.17) is 5.73 Å². The van der Waals surface area contributed by atoms with Crippen molar-refractivity contribution >= 4 is 21.4 Å². The van der Waals surface area contributed by atoms with Gasteiger partial charge >= 0.3 is 0 Å². The van der Waals surface area contributed by atoms with Gasteiger partial charge in [-0.3, -0.25) is 4.72 Å². The van der Waals surface area contributed by atoms with E-state index in [1.807, 2.05) is 0 Å². The van der Waals surface area contributed by atoms with Crippen LogP contribution in [-0.4, -0.2) is 13.7 Å². The number of rotatable bonds is 3. The number of nitrogen functional groups attached to an aromatic ring is 1. The molecule has 1 aliphatic carbocycles. The van der Waals surface area contributed by atoms with E-state index in [1.165, 1.54) is 0 Å². The lowest BCUT2D eigenvalue weighted by Gasteiger charge is -2.06. The van der Waals surface area contributed by atoms with E-state index in [1.54, 1.807) is 24.3 Å². The van der Waals surface area contributed by atoms with Gasteiger partial charge in [0.2, 0.25) is 10.0 Å². The van der Waals surface area contributed by atoms with Crippen molar-refractivity contribution in [1.82, 2.24) is 0 Å². The molecule has 4 nitrogen and oxygen atoms in total. The number of nitrogens with two attached hydrogens (primary N) is 1. The molecule has 0 spiro atoms. The molecule has 3 N–H and O–H groups in total. The van der Waals surface area contributed by atoms with Crippen LogP contribution in [0.4, 0.5) is 11.4 Å². The van der Waals surface area contributed by atoms with Gasteiger partial charge in [-0.2, -0.15) is 0 Å². The molecule has 1 aromatic rings. The van der Waals surface area contributed by atoms with Gasteiger partial charge in [-0.1, -0.05) is 6.07 Å². The third kappa shape index (κ3) is 1.98. The van der Waals surface area contributed by atoms with Crippen LogP contribution in [0.3, 0.4) is 0 Å². The Balaban J connectivity index is 2.18. The van der Waals surface area contributed by atoms with Crippen LogP contribution in [0, 0.1) is 0 Å². The zero-order valence-electron chi connectivity index (χ0n) is 7.60. The zero-order valence-corrected chi connectivity index (χ0v) is 8.42. The highest BCUT2D eigenvalue weighted by molar-refractivity contribution is 7.93. The van der Waals surface area contributed by atoms with Crippen molar-refractivity contribution in [1.29, 1.82) is 0 Å². The van der Waals surface area contributed by atoms with Crippen LogP contribution in [0.1, 0.15) is 12.8 Å². The van der Waals surface area contributed by atoms with Crippen molar-refractivity contribution < 1.29 is 8.42 Å². The molecule has 1 aromatic carbocycles. The van der Waals surface area contributed by atoms with E-state index < -0.39 is 10.0 Å². The van der Waals surface area contributed by atoms with Crippen LogP contribution in [0.15, 0.2) is 24.3 Å². The summed E-state index contributed by atoms with van der Waals surface area (Å²) in [5.74, 6) is 0. The van der Waals surface area contributed by atoms with Gasteiger partial charge in [-0.15, -0.1) is 0 Å². The average Bonchev–Trinajstić information content (AvgIpc) is 2.84. The predicted octanol–water partition coefficient (Wildman–Crippen LogP) is 1.17. The van der Waals surface area contributed by atoms with Crippen LogP contribution in [0.5, 0.6) is 0 Å². The topological polar surface area (TPSA) is 72.2 Å². The quantitative estimate of drug-likeness (QED) is 0.739. The van der Waals surface area contributed by atoms with Crippen LogP contribution in [0.25, 0.3) is 0 Å². The number of hydrogen-bond donors (Lipinski definition) is 2. The molecular formula is C9H12N2O2S. The van der Waals surface area contributed by atoms with Gasteiger partial charge in [0, 0.05) is 5.69 Å². The standard InChI is InChI=1S/C9H12N2O2S/c10-7-2-1-3-8(6-7)11-14(12,13)9-4-5-9/h1-3,6,9,11H,4-5,10H2. The molecular weight excluding hydrogens is 200 g/mol. The van der Waals surface area contributed by atoms with E-state index in [0.717, 1.165) is 12.8 Å². The molecule has 5 heteroatoms. The van der Waals surface area contributed by atoms with Crippen molar-refractivity contribution in [2.45, 2.75) is 18.1 Å². The fraction of sp³-hybridized carbons (Fsp3) is 0.333. The molecule has 0 bridgehead atoms. The smallest absolute Gasteiger partial charge is 0.235 e. The number of hydrogen-bond acceptors (Lipinski definition) is 3. The molecule has 1 fully saturated rings. The Morgan fingerprint density at radius 2 is 2.07 bits per heavy atom. The Bertz CT molecular complexity index is 438. The predicted molar refractivity (Wildman–Crippen MR) is 56.4 cm³/mol. The summed E-state index contributed by atoms with van der Waals surface area (Å²) in [6.45, 7) is 0. The normalized spacial score (nSPS) is 16.6. The summed E-state index contributed by atoms with van der Waals surface area (Å²) in [6, 6.07) is 6.74. The van der Waals surface area contributed by atoms with Gasteiger partial charge < -0.3 is 5.73 Å². The lowest BCUT2D eigenvalue weighted by molar-refractivity contribution is 0.600. The largest absolute Gasteiger partial charge is 0.399 e. The van der Waals surface area contributed by atoms with Gasteiger partial charge in [0.25, 0.3) is 0 Å². The SMILES string of the molecule is Nc1cccc(NS(=O)(=O)C2CC2)c1. The molecule has 0 heterocycles. The first-order valence-electron chi connectivity index (χ1n) is 4.45. The van der Waals surface area contributed by atoms with E-state index in [2.05, 4.69) is 4.72 Å². The second-order valence-electron chi connectivity index (χ2n) is 3.47. The summed E-state index contributed by atoms with van der Waals surface area (Å²) in [5.41, 5.74) is 6.63. The van der Waals surface area contributed by atoms with Crippen molar-refractivity contribution in [3.8, 4) is 0 Å². The minimum atomic E-state index is -3.16. The minimum absolute atomic E-state index is 0.205. The Hall–Kier alpha value is -1.23. The molecule has 2 rings (SSSR count). The maximum Gasteiger partial charge on any atom is 0.235 e. The van der Waals surface area contributed by atoms with Crippen molar-refractivity contribution in [2.75, 3.05) is 10.5 Å². The van der Waals surface area contributed by atoms with Crippen molar-refractivity contribution in [3.05, 3.63) is 24.3 Å². The minimum Gasteiger partial charge on any atom is -0.399 e. The third-order valence-electron chi connectivity index (χ3n) is 2.11. The first kappa shape index (κ1) is 9.33. The number of benzene rings is 1. The van der Waals surface area contributed by atoms with Gasteiger partial charge in [0.1, 0.15) is 0 Å². The number of anilines is 2. The van der Waals surface area contributed by atoms with Crippen LogP contribution < -0.4 is 10.5 Å². The summed E-state index contributed by atoms with van der Waals surface area (Å²) in [6.07, 6.45) is 1.52. The lowest BCUT2D eigenvalue weighted by Crippen LogP contribution is -2.17. The average molecular weight is 212 g/mol. The van der Waals surface area contributed by atoms with Gasteiger partial charge in [-0.25, -0.2) is 8.42 Å². The molecule has 76 valence electrons. The fourth-order valence-corrected chi connectivity index (χ4v) is 2.61. The fourth-order valence-electron chi connectivity index (χ4n) is 1.23. The molecule has 0 aromatic heterocycles. The monoisotopic (exact) mass is 212 g/mol. The van der Waals surface area contributed by atoms with Crippen LogP contribution in [0.2, 0.25) is 0 Å². The maximum absolute atomic E-state index is 11.5. The number of nitrogens with one attached hydrogen (secondary N) is 1. The second-order valence-corrected chi connectivity index (χ2v) is 5.43. The zero-order chi connectivity index (χ0) is 10.2. The first-order valence-corrected chi connectivity index (χ1v) is 6.00. The van der Waals surface area contributed by atoms with Crippen LogP contribution >= 0.6 is 0 Å². The molecule has 0 saturated heterocycles. The summed E-state index contributed by atoms with van der Waals surface area (Å²) < 4.78 is 25.6. The van der Waals surface area contributed by atoms with E-state index in [9.17, 15) is 8.42 Å². The highest BCUT2D eigenvalue weighted by Gasteiger charge is 2.35. The summed E-state index contributed by atoms with van der Waals surface area (Å²) in [4.78, 5) is 0. The Labute approximate surface area is 83.2 Å². The highest BCUT2D eigenvalue weighted by atomic mass is 32.2. The molecule has 1 aliphatic rings. The van der Waals surface area contributed by atoms with Gasteiger partial charge in [0.15, 0.2) is 0 Å². The molecule has 14 heavy (non-hydrogen) atoms. The Morgan fingerprint density at radius 1 is 1.36 bits per heavy atom. The van der Waals surface area contributed by atoms with E-state index in [-0.39, 0.29) is 5.25 Å². The molecule has 0 aliphatic heterocycles. The summed E-state index contributed by atoms with van der Waals surface area (Å²) in [5, 5.41) is -0.205. The van der Waals surface area contributed by atoms with Crippen molar-refractivity contribution in [2.24, 2.45) is 0 Å². The lowest BCUT2D eigenvalue weighted by atomic mass is 10.3.